The van der Waals surface area contributed by atoms with Gasteiger partial charge in [0.2, 0.25) is 0 Å². The van der Waals surface area contributed by atoms with Gasteiger partial charge in [0, 0.05) is 74.7 Å². The van der Waals surface area contributed by atoms with Crippen LogP contribution in [0, 0.1) is 0 Å². The first-order valence-corrected chi connectivity index (χ1v) is 16.3. The molecule has 2 aromatic heterocycles. The van der Waals surface area contributed by atoms with Crippen molar-refractivity contribution in [1.82, 2.24) is 0 Å². The number of phenolic OH excluding ortho intramolecular Hbond substituents is 1. The molecule has 0 atom stereocenters. The van der Waals surface area contributed by atoms with E-state index in [0.717, 1.165) is 81.3 Å². The molecule has 0 aliphatic heterocycles. The number of aromatic nitrogens is 2. The second kappa shape index (κ2) is 20.9. The van der Waals surface area contributed by atoms with E-state index < -0.39 is 0 Å². The molecular formula is C36H48Cl2N8O. The monoisotopic (exact) mass is 678 g/mol. The van der Waals surface area contributed by atoms with Gasteiger partial charge in [-0.05, 0) is 83.0 Å². The number of aromatic hydroxyl groups is 1. The molecule has 0 spiro atoms. The first-order valence-electron chi connectivity index (χ1n) is 16.3. The van der Waals surface area contributed by atoms with Crippen LogP contribution in [-0.4, -0.2) is 31.3 Å². The quantitative estimate of drug-likeness (QED) is 0.106. The molecule has 0 unspecified atom stereocenters. The summed E-state index contributed by atoms with van der Waals surface area (Å²) in [5, 5.41) is 27.9. The average Bonchev–Trinajstić information content (AvgIpc) is 3.07. The topological polar surface area (TPSA) is 83.9 Å². The molecule has 9 nitrogen and oxygen atoms in total. The van der Waals surface area contributed by atoms with Crippen molar-refractivity contribution in [3.63, 3.8) is 0 Å². The van der Waals surface area contributed by atoms with Crippen LogP contribution in [0.3, 0.4) is 0 Å². The third kappa shape index (κ3) is 12.2. The van der Waals surface area contributed by atoms with E-state index in [-0.39, 0.29) is 30.6 Å². The lowest BCUT2D eigenvalue weighted by atomic mass is 10.2. The van der Waals surface area contributed by atoms with E-state index in [4.69, 9.17) is 0 Å². The highest BCUT2D eigenvalue weighted by atomic mass is 35.5. The minimum atomic E-state index is 0. The van der Waals surface area contributed by atoms with E-state index in [1.165, 1.54) is 12.1 Å². The summed E-state index contributed by atoms with van der Waals surface area (Å²) in [6.45, 7) is 14.2. The lowest BCUT2D eigenvalue weighted by Crippen LogP contribution is -3.00. The molecule has 4 aromatic rings. The molecule has 1 N–H and O–H groups in total. The van der Waals surface area contributed by atoms with Crippen LogP contribution in [0.4, 0.5) is 34.1 Å². The summed E-state index contributed by atoms with van der Waals surface area (Å²) >= 11 is 0. The van der Waals surface area contributed by atoms with Crippen LogP contribution >= 0.6 is 0 Å². The predicted molar refractivity (Wildman–Crippen MR) is 182 cm³/mol. The van der Waals surface area contributed by atoms with Crippen LogP contribution in [0.15, 0.2) is 112 Å². The summed E-state index contributed by atoms with van der Waals surface area (Å²) in [6.07, 6.45) is 12.8. The van der Waals surface area contributed by atoms with E-state index in [1.54, 1.807) is 6.07 Å². The lowest BCUT2D eigenvalue weighted by molar-refractivity contribution is -0.698. The van der Waals surface area contributed by atoms with Crippen LogP contribution < -0.4 is 43.7 Å². The summed E-state index contributed by atoms with van der Waals surface area (Å²) in [5.74, 6) is 0.138. The Morgan fingerprint density at radius 1 is 0.553 bits per heavy atom. The fourth-order valence-corrected chi connectivity index (χ4v) is 5.24. The molecule has 4 rings (SSSR count). The predicted octanol–water partition coefficient (Wildman–Crippen LogP) is 2.76. The smallest absolute Gasteiger partial charge is 0.196 e. The van der Waals surface area contributed by atoms with Crippen molar-refractivity contribution in [2.75, 3.05) is 36.0 Å². The van der Waals surface area contributed by atoms with Crippen LogP contribution in [-0.2, 0) is 13.1 Å². The molecule has 0 saturated carbocycles. The number of rotatable bonds is 17. The molecule has 252 valence electrons. The van der Waals surface area contributed by atoms with Gasteiger partial charge in [-0.25, -0.2) is 9.13 Å². The zero-order valence-corrected chi connectivity index (χ0v) is 29.5. The summed E-state index contributed by atoms with van der Waals surface area (Å²) in [7, 11) is 0. The summed E-state index contributed by atoms with van der Waals surface area (Å²) in [5.41, 5.74) is 5.13. The number of hydrogen-bond donors (Lipinski definition) is 1. The second-order valence-electron chi connectivity index (χ2n) is 10.9. The molecule has 0 aliphatic rings. The minimum Gasteiger partial charge on any atom is -1.00 e. The van der Waals surface area contributed by atoms with Crippen molar-refractivity contribution < 1.29 is 39.1 Å². The second-order valence-corrected chi connectivity index (χ2v) is 10.9. The van der Waals surface area contributed by atoms with Gasteiger partial charge in [-0.3, -0.25) is 0 Å². The largest absolute Gasteiger partial charge is 1.00 e. The summed E-state index contributed by atoms with van der Waals surface area (Å²) in [4.78, 5) is 4.49. The van der Waals surface area contributed by atoms with E-state index in [2.05, 4.69) is 97.8 Å². The summed E-state index contributed by atoms with van der Waals surface area (Å²) in [6, 6.07) is 21.7. The highest BCUT2D eigenvalue weighted by Gasteiger charge is 2.08. The van der Waals surface area contributed by atoms with Crippen molar-refractivity contribution in [2.45, 2.75) is 66.5 Å². The van der Waals surface area contributed by atoms with Crippen molar-refractivity contribution in [3.8, 4) is 5.75 Å². The highest BCUT2D eigenvalue weighted by Crippen LogP contribution is 2.32. The Kier molecular flexibility index (Phi) is 17.4. The number of anilines is 2. The summed E-state index contributed by atoms with van der Waals surface area (Å²) < 4.78 is 4.36. The van der Waals surface area contributed by atoms with Gasteiger partial charge < -0.3 is 39.7 Å². The molecule has 0 fully saturated rings. The number of aryl methyl sites for hydroxylation is 2. The lowest BCUT2D eigenvalue weighted by Gasteiger charge is -2.21. The standard InChI is InChI=1S/C36H47N8O.2ClH/c1-5-43(6-2)33-17-15-30(16-18-33)37-38-31-21-26-41(27-22-31)23-11-9-10-12-24-42-25-13-14-32(29-42)39-40-35-20-19-34(28-36(35)45)44(7-3)8-4;;/h13-22,25-29H,5-12,23-24H2,1-4H3;2*1H/q+1;;/p-1. The number of unbranched alkanes of at least 4 members (excludes halogenated alkanes) is 3. The van der Waals surface area contributed by atoms with Crippen molar-refractivity contribution >= 4 is 34.1 Å². The fraction of sp³-hybridized carbons (Fsp3) is 0.389. The number of phenols is 1. The van der Waals surface area contributed by atoms with Crippen molar-refractivity contribution in [3.05, 3.63) is 91.5 Å². The highest BCUT2D eigenvalue weighted by molar-refractivity contribution is 5.61. The molecule has 2 heterocycles. The number of halogens is 2. The first-order chi connectivity index (χ1) is 22.0. The van der Waals surface area contributed by atoms with Gasteiger partial charge in [0.05, 0.1) is 11.4 Å². The Morgan fingerprint density at radius 3 is 1.68 bits per heavy atom. The molecule has 11 heteroatoms. The maximum absolute atomic E-state index is 10.4. The Hall–Kier alpha value is -4.08. The maximum atomic E-state index is 10.4. The molecule has 0 radical (unpaired) electrons. The fourth-order valence-electron chi connectivity index (χ4n) is 5.24. The van der Waals surface area contributed by atoms with Gasteiger partial charge in [-0.15, -0.1) is 10.2 Å². The Balaban J connectivity index is 0.00000384. The van der Waals surface area contributed by atoms with Crippen molar-refractivity contribution in [2.24, 2.45) is 20.5 Å². The Morgan fingerprint density at radius 2 is 1.09 bits per heavy atom. The number of benzene rings is 2. The normalized spacial score (nSPS) is 11.0. The van der Waals surface area contributed by atoms with E-state index in [0.29, 0.717) is 5.69 Å². The molecular weight excluding hydrogens is 631 g/mol. The molecule has 0 amide bonds. The Bertz CT molecular complexity index is 1520. The first kappa shape index (κ1) is 39.1. The van der Waals surface area contributed by atoms with Crippen LogP contribution in [0.1, 0.15) is 53.4 Å². The Labute approximate surface area is 292 Å². The number of hydrogen-bond acceptors (Lipinski definition) is 7. The molecule has 0 bridgehead atoms. The van der Waals surface area contributed by atoms with Crippen LogP contribution in [0.2, 0.25) is 0 Å². The van der Waals surface area contributed by atoms with Gasteiger partial charge >= 0.3 is 0 Å². The minimum absolute atomic E-state index is 0. The number of azo groups is 2. The third-order valence-corrected chi connectivity index (χ3v) is 7.92. The van der Waals surface area contributed by atoms with Gasteiger partial charge in [-0.2, -0.15) is 10.2 Å². The molecule has 0 saturated heterocycles. The number of pyridine rings is 2. The zero-order chi connectivity index (χ0) is 31.9. The van der Waals surface area contributed by atoms with Crippen molar-refractivity contribution in [1.29, 1.82) is 0 Å². The molecule has 0 aliphatic carbocycles. The van der Waals surface area contributed by atoms with E-state index in [1.807, 2.05) is 54.7 Å². The SMILES string of the molecule is CCN(CC)c1ccc(N=Nc2cc[n+](CCCCCC[n+]3cccc(N=Nc4ccc(N(CC)CC)cc4O)c3)cc2)cc1.[Cl-].[Cl-]. The zero-order valence-electron chi connectivity index (χ0n) is 28.0. The van der Waals surface area contributed by atoms with Gasteiger partial charge in [0.1, 0.15) is 30.2 Å². The van der Waals surface area contributed by atoms with Gasteiger partial charge in [0.25, 0.3) is 0 Å². The molecule has 2 aromatic carbocycles. The third-order valence-electron chi connectivity index (χ3n) is 7.92. The number of nitrogens with zero attached hydrogens (tertiary/aromatic N) is 8. The van der Waals surface area contributed by atoms with Crippen LogP contribution in [0.5, 0.6) is 5.75 Å². The van der Waals surface area contributed by atoms with Gasteiger partial charge in [-0.1, -0.05) is 0 Å². The van der Waals surface area contributed by atoms with Crippen LogP contribution in [0.25, 0.3) is 0 Å². The molecule has 47 heavy (non-hydrogen) atoms. The van der Waals surface area contributed by atoms with Gasteiger partial charge in [0.15, 0.2) is 24.8 Å². The maximum Gasteiger partial charge on any atom is 0.196 e. The average molecular weight is 680 g/mol. The van der Waals surface area contributed by atoms with E-state index >= 15 is 0 Å². The van der Waals surface area contributed by atoms with E-state index in [9.17, 15) is 5.11 Å².